The van der Waals surface area contributed by atoms with Crippen LogP contribution in [0.25, 0.3) is 0 Å². The van der Waals surface area contributed by atoms with Crippen molar-refractivity contribution in [2.24, 2.45) is 0 Å². The van der Waals surface area contributed by atoms with E-state index in [1.54, 1.807) is 0 Å². The molecule has 1 aliphatic rings. The summed E-state index contributed by atoms with van der Waals surface area (Å²) in [5, 5.41) is 10.1. The summed E-state index contributed by atoms with van der Waals surface area (Å²) < 4.78 is 25.9. The third-order valence-corrected chi connectivity index (χ3v) is 3.84. The molecule has 2 rings (SSSR count). The summed E-state index contributed by atoms with van der Waals surface area (Å²) in [6.07, 6.45) is -6.58. The third-order valence-electron chi connectivity index (χ3n) is 3.84. The molecule has 1 heterocycles. The molecule has 0 spiro atoms. The zero-order chi connectivity index (χ0) is 20.0. The van der Waals surface area contributed by atoms with Gasteiger partial charge in [0.25, 0.3) is 0 Å². The first kappa shape index (κ1) is 20.8. The third kappa shape index (κ3) is 5.49. The minimum atomic E-state index is -1.57. The highest BCUT2D eigenvalue weighted by Crippen LogP contribution is 2.30. The number of benzene rings is 1. The van der Waals surface area contributed by atoms with E-state index in [4.69, 9.17) is 18.9 Å². The van der Waals surface area contributed by atoms with E-state index >= 15 is 0 Å². The fraction of sp³-hybridized carbons (Fsp3) is 0.500. The normalized spacial score (nSPS) is 25.5. The Labute approximate surface area is 156 Å². The molecule has 0 aliphatic carbocycles. The van der Waals surface area contributed by atoms with Gasteiger partial charge >= 0.3 is 17.9 Å². The van der Waals surface area contributed by atoms with Crippen LogP contribution in [-0.2, 0) is 44.7 Å². The number of methoxy groups -OCH3 is 1. The standard InChI is InChI=1S/C18H22O9/c1-10(19)25-15-13(24-9-12-7-5-4-6-8-12)14(27-18(15)22)16(17(21)23-3)26-11(2)20/h4-8,13-16,18,22H,9H2,1-3H3/t13-,14-,15+,16+,18?/m0/s1. The van der Waals surface area contributed by atoms with Crippen LogP contribution in [0.1, 0.15) is 19.4 Å². The van der Waals surface area contributed by atoms with E-state index in [-0.39, 0.29) is 6.61 Å². The molecule has 27 heavy (non-hydrogen) atoms. The molecule has 0 amide bonds. The number of hydrogen-bond acceptors (Lipinski definition) is 9. The van der Waals surface area contributed by atoms with Gasteiger partial charge in [-0.25, -0.2) is 4.79 Å². The van der Waals surface area contributed by atoms with Crippen LogP contribution >= 0.6 is 0 Å². The maximum Gasteiger partial charge on any atom is 0.350 e. The lowest BCUT2D eigenvalue weighted by atomic mass is 10.0. The lowest BCUT2D eigenvalue weighted by molar-refractivity contribution is -0.189. The van der Waals surface area contributed by atoms with Crippen molar-refractivity contribution in [2.75, 3.05) is 7.11 Å². The Morgan fingerprint density at radius 1 is 1.11 bits per heavy atom. The smallest absolute Gasteiger partial charge is 0.350 e. The second-order valence-corrected chi connectivity index (χ2v) is 5.88. The summed E-state index contributed by atoms with van der Waals surface area (Å²) in [6, 6.07) is 9.09. The average molecular weight is 382 g/mol. The number of rotatable bonds is 7. The first-order valence-electron chi connectivity index (χ1n) is 8.24. The Balaban J connectivity index is 2.26. The molecule has 5 atom stereocenters. The highest BCUT2D eigenvalue weighted by atomic mass is 16.7. The van der Waals surface area contributed by atoms with Gasteiger partial charge in [-0.05, 0) is 5.56 Å². The number of aliphatic hydroxyl groups is 1. The number of carbonyl (C=O) groups is 3. The first-order chi connectivity index (χ1) is 12.8. The van der Waals surface area contributed by atoms with E-state index in [0.717, 1.165) is 26.5 Å². The molecule has 0 bridgehead atoms. The van der Waals surface area contributed by atoms with Gasteiger partial charge in [-0.15, -0.1) is 0 Å². The van der Waals surface area contributed by atoms with Gasteiger partial charge in [-0.2, -0.15) is 0 Å². The fourth-order valence-corrected chi connectivity index (χ4v) is 2.73. The van der Waals surface area contributed by atoms with Gasteiger partial charge in [0.05, 0.1) is 13.7 Å². The van der Waals surface area contributed by atoms with E-state index in [0.29, 0.717) is 0 Å². The minimum absolute atomic E-state index is 0.0871. The largest absolute Gasteiger partial charge is 0.466 e. The lowest BCUT2D eigenvalue weighted by Gasteiger charge is -2.26. The fourth-order valence-electron chi connectivity index (χ4n) is 2.73. The Bertz CT molecular complexity index is 660. The van der Waals surface area contributed by atoms with E-state index in [2.05, 4.69) is 4.74 Å². The second-order valence-electron chi connectivity index (χ2n) is 5.88. The maximum atomic E-state index is 12.1. The van der Waals surface area contributed by atoms with Crippen LogP contribution in [-0.4, -0.2) is 60.8 Å². The summed E-state index contributed by atoms with van der Waals surface area (Å²) in [4.78, 5) is 34.8. The first-order valence-corrected chi connectivity index (χ1v) is 8.24. The van der Waals surface area contributed by atoms with Crippen molar-refractivity contribution in [3.63, 3.8) is 0 Å². The van der Waals surface area contributed by atoms with Gasteiger partial charge in [0.15, 0.2) is 12.4 Å². The van der Waals surface area contributed by atoms with E-state index in [1.807, 2.05) is 30.3 Å². The molecule has 1 N–H and O–H groups in total. The number of hydrogen-bond donors (Lipinski definition) is 1. The van der Waals surface area contributed by atoms with Gasteiger partial charge in [-0.1, -0.05) is 30.3 Å². The summed E-state index contributed by atoms with van der Waals surface area (Å²) in [5.74, 6) is -2.31. The van der Waals surface area contributed by atoms with Gasteiger partial charge in [0.1, 0.15) is 12.2 Å². The molecule has 1 aromatic rings. The molecule has 0 aromatic heterocycles. The van der Waals surface area contributed by atoms with Crippen LogP contribution in [0.5, 0.6) is 0 Å². The highest BCUT2D eigenvalue weighted by molar-refractivity contribution is 5.79. The minimum Gasteiger partial charge on any atom is -0.466 e. The zero-order valence-corrected chi connectivity index (χ0v) is 15.2. The van der Waals surface area contributed by atoms with E-state index < -0.39 is 48.6 Å². The molecule has 148 valence electrons. The predicted octanol–water partition coefficient (Wildman–Crippen LogP) is 0.325. The van der Waals surface area contributed by atoms with Crippen molar-refractivity contribution in [1.82, 2.24) is 0 Å². The molecule has 1 aliphatic heterocycles. The molecule has 9 heteroatoms. The number of carbonyl (C=O) groups excluding carboxylic acids is 3. The number of aliphatic hydroxyl groups excluding tert-OH is 1. The lowest BCUT2D eigenvalue weighted by Crippen LogP contribution is -2.47. The Morgan fingerprint density at radius 3 is 2.33 bits per heavy atom. The van der Waals surface area contributed by atoms with Crippen LogP contribution < -0.4 is 0 Å². The van der Waals surface area contributed by atoms with Crippen LogP contribution in [0.3, 0.4) is 0 Å². The summed E-state index contributed by atoms with van der Waals surface area (Å²) in [7, 11) is 1.12. The quantitative estimate of drug-likeness (QED) is 0.525. The SMILES string of the molecule is COC(=O)[C@H](OC(C)=O)[C@H]1OC(O)[C@H](OC(C)=O)[C@H]1OCc1ccccc1. The summed E-state index contributed by atoms with van der Waals surface area (Å²) in [6.45, 7) is 2.37. The van der Waals surface area contributed by atoms with Crippen molar-refractivity contribution < 1.29 is 43.2 Å². The molecule has 1 saturated heterocycles. The monoisotopic (exact) mass is 382 g/mol. The highest BCUT2D eigenvalue weighted by Gasteiger charge is 2.53. The van der Waals surface area contributed by atoms with Crippen LogP contribution in [0.2, 0.25) is 0 Å². The van der Waals surface area contributed by atoms with Crippen molar-refractivity contribution >= 4 is 17.9 Å². The van der Waals surface area contributed by atoms with Crippen LogP contribution in [0.15, 0.2) is 30.3 Å². The molecule has 0 radical (unpaired) electrons. The topological polar surface area (TPSA) is 118 Å². The molecule has 9 nitrogen and oxygen atoms in total. The van der Waals surface area contributed by atoms with Crippen molar-refractivity contribution in [2.45, 2.75) is 51.2 Å². The van der Waals surface area contributed by atoms with E-state index in [1.165, 1.54) is 0 Å². The molecule has 1 unspecified atom stereocenters. The summed E-state index contributed by atoms with van der Waals surface area (Å²) >= 11 is 0. The van der Waals surface area contributed by atoms with Gasteiger partial charge < -0.3 is 28.8 Å². The van der Waals surface area contributed by atoms with E-state index in [9.17, 15) is 19.5 Å². The molecule has 1 fully saturated rings. The Hall–Kier alpha value is -2.49. The molecular formula is C18H22O9. The molecule has 1 aromatic carbocycles. The second kappa shape index (κ2) is 9.45. The summed E-state index contributed by atoms with van der Waals surface area (Å²) in [5.41, 5.74) is 0.807. The van der Waals surface area contributed by atoms with Crippen LogP contribution in [0, 0.1) is 0 Å². The zero-order valence-electron chi connectivity index (χ0n) is 15.2. The van der Waals surface area contributed by atoms with Gasteiger partial charge in [0.2, 0.25) is 6.10 Å². The van der Waals surface area contributed by atoms with Crippen molar-refractivity contribution in [3.05, 3.63) is 35.9 Å². The van der Waals surface area contributed by atoms with Crippen LogP contribution in [0.4, 0.5) is 0 Å². The number of esters is 3. The molecule has 0 saturated carbocycles. The number of ether oxygens (including phenoxy) is 5. The molecular weight excluding hydrogens is 360 g/mol. The maximum absolute atomic E-state index is 12.1. The Morgan fingerprint density at radius 2 is 1.78 bits per heavy atom. The van der Waals surface area contributed by atoms with Crippen molar-refractivity contribution in [3.8, 4) is 0 Å². The van der Waals surface area contributed by atoms with Gasteiger partial charge in [0, 0.05) is 13.8 Å². The van der Waals surface area contributed by atoms with Crippen molar-refractivity contribution in [1.29, 1.82) is 0 Å². The predicted molar refractivity (Wildman–Crippen MR) is 89.0 cm³/mol. The Kier molecular flexibility index (Phi) is 7.28. The average Bonchev–Trinajstić information content (AvgIpc) is 2.93. The van der Waals surface area contributed by atoms with Gasteiger partial charge in [-0.3, -0.25) is 9.59 Å².